The molecule has 10 nitrogen and oxygen atoms in total. The Bertz CT molecular complexity index is 879. The predicted octanol–water partition coefficient (Wildman–Crippen LogP) is 2.12. The molecule has 0 atom stereocenters. The topological polar surface area (TPSA) is 154 Å². The highest BCUT2D eigenvalue weighted by Gasteiger charge is 2.18. The Kier molecular flexibility index (Phi) is 5.48. The number of nitrogens with one attached hydrogen (secondary N) is 2. The third kappa shape index (κ3) is 4.54. The lowest BCUT2D eigenvalue weighted by Gasteiger charge is -2.08. The first kappa shape index (κ1) is 18.4. The summed E-state index contributed by atoms with van der Waals surface area (Å²) >= 11 is 0. The van der Waals surface area contributed by atoms with Crippen molar-refractivity contribution in [2.75, 3.05) is 17.7 Å². The number of primary amides is 1. The summed E-state index contributed by atoms with van der Waals surface area (Å²) in [6.45, 7) is 0. The first-order valence-corrected chi connectivity index (χ1v) is 7.16. The Balaban J connectivity index is 2.25. The van der Waals surface area contributed by atoms with Crippen LogP contribution in [0.4, 0.5) is 21.9 Å². The van der Waals surface area contributed by atoms with Gasteiger partial charge in [0.15, 0.2) is 0 Å². The average molecular weight is 358 g/mol. The van der Waals surface area contributed by atoms with Gasteiger partial charge in [-0.2, -0.15) is 0 Å². The smallest absolute Gasteiger partial charge is 0.338 e. The van der Waals surface area contributed by atoms with Gasteiger partial charge in [-0.15, -0.1) is 0 Å². The number of urea groups is 1. The molecule has 0 spiro atoms. The SMILES string of the molecule is COC(=O)c1cc(C(=O)Nc2ccc(NC(N)=O)cc2)cc([N+](=O)[O-])c1. The molecule has 0 saturated carbocycles. The summed E-state index contributed by atoms with van der Waals surface area (Å²) in [5, 5.41) is 15.9. The van der Waals surface area contributed by atoms with E-state index in [0.29, 0.717) is 11.4 Å². The number of ether oxygens (including phenoxy) is 1. The van der Waals surface area contributed by atoms with Crippen LogP contribution >= 0.6 is 0 Å². The van der Waals surface area contributed by atoms with Gasteiger partial charge >= 0.3 is 12.0 Å². The predicted molar refractivity (Wildman–Crippen MR) is 92.0 cm³/mol. The zero-order valence-corrected chi connectivity index (χ0v) is 13.5. The van der Waals surface area contributed by atoms with Crippen LogP contribution in [-0.4, -0.2) is 29.9 Å². The quantitative estimate of drug-likeness (QED) is 0.422. The minimum Gasteiger partial charge on any atom is -0.465 e. The summed E-state index contributed by atoms with van der Waals surface area (Å²) in [5.74, 6) is -1.46. The van der Waals surface area contributed by atoms with Crippen LogP contribution in [-0.2, 0) is 4.74 Å². The molecule has 2 aromatic rings. The van der Waals surface area contributed by atoms with Crippen LogP contribution in [0.1, 0.15) is 20.7 Å². The molecule has 0 aliphatic carbocycles. The van der Waals surface area contributed by atoms with E-state index in [1.807, 2.05) is 0 Å². The van der Waals surface area contributed by atoms with E-state index >= 15 is 0 Å². The van der Waals surface area contributed by atoms with Crippen molar-refractivity contribution in [3.05, 3.63) is 63.7 Å². The Hall–Kier alpha value is -3.95. The fourth-order valence-corrected chi connectivity index (χ4v) is 2.07. The first-order valence-electron chi connectivity index (χ1n) is 7.16. The maximum atomic E-state index is 12.3. The lowest BCUT2D eigenvalue weighted by atomic mass is 10.1. The number of esters is 1. The zero-order chi connectivity index (χ0) is 19.3. The van der Waals surface area contributed by atoms with Crippen LogP contribution in [0.15, 0.2) is 42.5 Å². The standard InChI is InChI=1S/C16H14N4O6/c1-26-15(22)10-6-9(7-13(8-10)20(24)25)14(21)18-11-2-4-12(5-3-11)19-16(17)23/h2-8H,1H3,(H,18,21)(H3,17,19,23). The molecule has 0 aliphatic heterocycles. The van der Waals surface area contributed by atoms with Gasteiger partial charge in [-0.3, -0.25) is 14.9 Å². The molecule has 0 aliphatic rings. The Morgan fingerprint density at radius 3 is 2.04 bits per heavy atom. The van der Waals surface area contributed by atoms with Crippen LogP contribution in [0.5, 0.6) is 0 Å². The summed E-state index contributed by atoms with van der Waals surface area (Å²) in [4.78, 5) is 45.0. The molecular weight excluding hydrogens is 344 g/mol. The van der Waals surface area contributed by atoms with Gasteiger partial charge in [0.1, 0.15) is 0 Å². The van der Waals surface area contributed by atoms with Crippen molar-refractivity contribution >= 4 is 35.0 Å². The number of methoxy groups -OCH3 is 1. The molecule has 2 aromatic carbocycles. The number of hydrogen-bond acceptors (Lipinski definition) is 6. The largest absolute Gasteiger partial charge is 0.465 e. The molecule has 2 rings (SSSR count). The Morgan fingerprint density at radius 2 is 1.54 bits per heavy atom. The second kappa shape index (κ2) is 7.75. The molecule has 4 N–H and O–H groups in total. The van der Waals surface area contributed by atoms with E-state index in [1.165, 1.54) is 30.3 Å². The minimum absolute atomic E-state index is 0.0843. The van der Waals surface area contributed by atoms with Crippen molar-refractivity contribution in [3.63, 3.8) is 0 Å². The molecule has 3 amide bonds. The third-order valence-electron chi connectivity index (χ3n) is 3.22. The van der Waals surface area contributed by atoms with Gasteiger partial charge in [-0.25, -0.2) is 9.59 Å². The second-order valence-corrected chi connectivity index (χ2v) is 5.04. The number of non-ortho nitro benzene ring substituents is 1. The minimum atomic E-state index is -0.801. The molecule has 0 radical (unpaired) electrons. The summed E-state index contributed by atoms with van der Waals surface area (Å²) in [7, 11) is 1.13. The van der Waals surface area contributed by atoms with Crippen LogP contribution in [0.2, 0.25) is 0 Å². The monoisotopic (exact) mass is 358 g/mol. The fraction of sp³-hybridized carbons (Fsp3) is 0.0625. The molecule has 0 heterocycles. The average Bonchev–Trinajstić information content (AvgIpc) is 2.61. The van der Waals surface area contributed by atoms with Gasteiger partial charge in [0.05, 0.1) is 17.6 Å². The van der Waals surface area contributed by atoms with E-state index in [1.54, 1.807) is 0 Å². The number of benzene rings is 2. The van der Waals surface area contributed by atoms with Crippen molar-refractivity contribution in [2.24, 2.45) is 5.73 Å². The second-order valence-electron chi connectivity index (χ2n) is 5.04. The van der Waals surface area contributed by atoms with E-state index in [4.69, 9.17) is 5.73 Å². The van der Waals surface area contributed by atoms with Crippen LogP contribution < -0.4 is 16.4 Å². The molecule has 0 unspecified atom stereocenters. The number of rotatable bonds is 5. The van der Waals surface area contributed by atoms with Gasteiger partial charge in [0, 0.05) is 29.1 Å². The van der Waals surface area contributed by atoms with Crippen molar-refractivity contribution in [2.45, 2.75) is 0 Å². The maximum Gasteiger partial charge on any atom is 0.338 e. The van der Waals surface area contributed by atoms with Gasteiger partial charge < -0.3 is 21.1 Å². The number of anilines is 2. The molecule has 0 aromatic heterocycles. The number of nitro groups is 1. The van der Waals surface area contributed by atoms with Gasteiger partial charge in [-0.05, 0) is 30.3 Å². The van der Waals surface area contributed by atoms with E-state index in [-0.39, 0.29) is 11.1 Å². The van der Waals surface area contributed by atoms with Crippen molar-refractivity contribution in [1.82, 2.24) is 0 Å². The van der Waals surface area contributed by atoms with E-state index in [2.05, 4.69) is 15.4 Å². The summed E-state index contributed by atoms with van der Waals surface area (Å²) in [6.07, 6.45) is 0. The van der Waals surface area contributed by atoms with Crippen LogP contribution in [0.3, 0.4) is 0 Å². The van der Waals surface area contributed by atoms with Gasteiger partial charge in [-0.1, -0.05) is 0 Å². The number of nitrogens with two attached hydrogens (primary N) is 1. The third-order valence-corrected chi connectivity index (χ3v) is 3.22. The molecule has 26 heavy (non-hydrogen) atoms. The van der Waals surface area contributed by atoms with Crippen LogP contribution in [0, 0.1) is 10.1 Å². The number of nitro benzene ring substituents is 1. The van der Waals surface area contributed by atoms with Crippen LogP contribution in [0.25, 0.3) is 0 Å². The molecular formula is C16H14N4O6. The molecule has 134 valence electrons. The Morgan fingerprint density at radius 1 is 1.00 bits per heavy atom. The van der Waals surface area contributed by atoms with Crippen molar-refractivity contribution in [1.29, 1.82) is 0 Å². The number of amides is 3. The number of carbonyl (C=O) groups is 3. The zero-order valence-electron chi connectivity index (χ0n) is 13.5. The fourth-order valence-electron chi connectivity index (χ4n) is 2.07. The van der Waals surface area contributed by atoms with Crippen molar-refractivity contribution in [3.8, 4) is 0 Å². The highest BCUT2D eigenvalue weighted by Crippen LogP contribution is 2.20. The molecule has 0 saturated heterocycles. The van der Waals surface area contributed by atoms with E-state index in [9.17, 15) is 24.5 Å². The van der Waals surface area contributed by atoms with E-state index in [0.717, 1.165) is 19.2 Å². The Labute approximate surface area is 147 Å². The highest BCUT2D eigenvalue weighted by molar-refractivity contribution is 6.06. The summed E-state index contributed by atoms with van der Waals surface area (Å²) in [5.41, 5.74) is 5.18. The number of nitrogens with zero attached hydrogens (tertiary/aromatic N) is 1. The highest BCUT2D eigenvalue weighted by atomic mass is 16.6. The number of carbonyl (C=O) groups excluding carboxylic acids is 3. The normalized spacial score (nSPS) is 9.88. The maximum absolute atomic E-state index is 12.3. The van der Waals surface area contributed by atoms with Gasteiger partial charge in [0.25, 0.3) is 11.6 Å². The van der Waals surface area contributed by atoms with Crippen molar-refractivity contribution < 1.29 is 24.0 Å². The lowest BCUT2D eigenvalue weighted by Crippen LogP contribution is -2.19. The molecule has 0 fully saturated rings. The first-order chi connectivity index (χ1) is 12.3. The molecule has 10 heteroatoms. The van der Waals surface area contributed by atoms with E-state index < -0.39 is 28.5 Å². The number of hydrogen-bond donors (Lipinski definition) is 3. The molecule has 0 bridgehead atoms. The summed E-state index contributed by atoms with van der Waals surface area (Å²) in [6, 6.07) is 8.55. The lowest BCUT2D eigenvalue weighted by molar-refractivity contribution is -0.384. The summed E-state index contributed by atoms with van der Waals surface area (Å²) < 4.78 is 4.53. The van der Waals surface area contributed by atoms with Gasteiger partial charge in [0.2, 0.25) is 0 Å².